The van der Waals surface area contributed by atoms with Gasteiger partial charge in [-0.2, -0.15) is 0 Å². The second-order valence-electron chi connectivity index (χ2n) is 5.26. The van der Waals surface area contributed by atoms with E-state index in [4.69, 9.17) is 11.6 Å². The highest BCUT2D eigenvalue weighted by Crippen LogP contribution is 2.37. The maximum atomic E-state index is 5.88. The van der Waals surface area contributed by atoms with Crippen LogP contribution in [0, 0.1) is 11.8 Å². The van der Waals surface area contributed by atoms with Crippen LogP contribution in [0.2, 0.25) is 0 Å². The van der Waals surface area contributed by atoms with Crippen molar-refractivity contribution in [1.29, 1.82) is 0 Å². The first kappa shape index (κ1) is 12.0. The Morgan fingerprint density at radius 3 is 3.06 bits per heavy atom. The molecule has 0 N–H and O–H groups in total. The molecule has 1 atom stereocenters. The van der Waals surface area contributed by atoms with E-state index in [0.717, 1.165) is 36.1 Å². The van der Waals surface area contributed by atoms with Crippen LogP contribution in [0.15, 0.2) is 18.5 Å². The van der Waals surface area contributed by atoms with Crippen LogP contribution in [-0.2, 0) is 13.0 Å². The van der Waals surface area contributed by atoms with Crippen LogP contribution in [0.25, 0.3) is 11.0 Å². The Hall–Kier alpha value is -1.09. The molecule has 0 radical (unpaired) electrons. The molecular weight excluding hydrogens is 246 g/mol. The van der Waals surface area contributed by atoms with Gasteiger partial charge in [0.05, 0.1) is 11.7 Å². The van der Waals surface area contributed by atoms with E-state index in [0.29, 0.717) is 5.88 Å². The van der Waals surface area contributed by atoms with Gasteiger partial charge in [0.15, 0.2) is 0 Å². The molecule has 2 aromatic heterocycles. The van der Waals surface area contributed by atoms with Crippen LogP contribution in [-0.4, -0.2) is 20.4 Å². The predicted molar refractivity (Wildman–Crippen MR) is 73.8 cm³/mol. The lowest BCUT2D eigenvalue weighted by Crippen LogP contribution is -2.12. The van der Waals surface area contributed by atoms with Crippen molar-refractivity contribution in [2.24, 2.45) is 11.8 Å². The summed E-state index contributed by atoms with van der Waals surface area (Å²) in [4.78, 5) is 8.80. The minimum atomic E-state index is 0.620. The van der Waals surface area contributed by atoms with Gasteiger partial charge in [0, 0.05) is 25.0 Å². The van der Waals surface area contributed by atoms with Crippen molar-refractivity contribution in [3.8, 4) is 0 Å². The normalized spacial score (nSPS) is 17.2. The van der Waals surface area contributed by atoms with Crippen molar-refractivity contribution in [3.63, 3.8) is 0 Å². The molecular formula is C14H18ClN3. The lowest BCUT2D eigenvalue weighted by Gasteiger charge is -2.14. The number of aromatic nitrogens is 3. The first-order valence-corrected chi connectivity index (χ1v) is 7.18. The summed E-state index contributed by atoms with van der Waals surface area (Å²) in [5.41, 5.74) is 2.18. The number of hydrogen-bond donors (Lipinski definition) is 0. The molecule has 1 saturated carbocycles. The molecule has 2 aromatic rings. The number of fused-ring (bicyclic) bond motifs is 1. The highest BCUT2D eigenvalue weighted by molar-refractivity contribution is 6.17. The zero-order chi connectivity index (χ0) is 12.5. The molecule has 0 amide bonds. The van der Waals surface area contributed by atoms with E-state index in [1.165, 1.54) is 18.4 Å². The Kier molecular flexibility index (Phi) is 3.25. The quantitative estimate of drug-likeness (QED) is 0.776. The van der Waals surface area contributed by atoms with E-state index in [2.05, 4.69) is 27.5 Å². The number of pyridine rings is 1. The third kappa shape index (κ3) is 2.24. The highest BCUT2D eigenvalue weighted by Gasteiger charge is 2.28. The van der Waals surface area contributed by atoms with Crippen LogP contribution >= 0.6 is 11.6 Å². The molecule has 18 heavy (non-hydrogen) atoms. The van der Waals surface area contributed by atoms with Gasteiger partial charge in [-0.25, -0.2) is 4.98 Å². The molecule has 0 spiro atoms. The summed E-state index contributed by atoms with van der Waals surface area (Å²) in [5, 5.41) is 0. The summed E-state index contributed by atoms with van der Waals surface area (Å²) in [6.45, 7) is 3.40. The summed E-state index contributed by atoms with van der Waals surface area (Å²) in [7, 11) is 0. The second kappa shape index (κ2) is 4.88. The van der Waals surface area contributed by atoms with E-state index in [-0.39, 0.29) is 0 Å². The maximum Gasteiger partial charge on any atom is 0.111 e. The van der Waals surface area contributed by atoms with Crippen LogP contribution in [0.3, 0.4) is 0 Å². The smallest absolute Gasteiger partial charge is 0.111 e. The summed E-state index contributed by atoms with van der Waals surface area (Å²) >= 11 is 5.88. The van der Waals surface area contributed by atoms with Gasteiger partial charge in [-0.1, -0.05) is 6.92 Å². The molecule has 0 aliphatic heterocycles. The molecule has 1 unspecified atom stereocenters. The van der Waals surface area contributed by atoms with Crippen LogP contribution in [0.4, 0.5) is 0 Å². The Labute approximate surface area is 112 Å². The van der Waals surface area contributed by atoms with Crippen LogP contribution < -0.4 is 0 Å². The first-order chi connectivity index (χ1) is 8.79. The van der Waals surface area contributed by atoms with Gasteiger partial charge in [-0.3, -0.25) is 4.98 Å². The maximum absolute atomic E-state index is 5.88. The van der Waals surface area contributed by atoms with Crippen LogP contribution in [0.1, 0.15) is 25.6 Å². The minimum Gasteiger partial charge on any atom is -0.328 e. The Morgan fingerprint density at radius 2 is 2.33 bits per heavy atom. The van der Waals surface area contributed by atoms with Gasteiger partial charge in [0.2, 0.25) is 0 Å². The molecule has 3 nitrogen and oxygen atoms in total. The van der Waals surface area contributed by atoms with E-state index in [1.807, 2.05) is 12.4 Å². The largest absolute Gasteiger partial charge is 0.328 e. The summed E-state index contributed by atoms with van der Waals surface area (Å²) in [6, 6.07) is 2.06. The third-order valence-corrected chi connectivity index (χ3v) is 4.03. The van der Waals surface area contributed by atoms with Gasteiger partial charge in [-0.15, -0.1) is 11.6 Å². The predicted octanol–water partition coefficient (Wildman–Crippen LogP) is 3.26. The van der Waals surface area contributed by atoms with Crippen molar-refractivity contribution < 1.29 is 0 Å². The van der Waals surface area contributed by atoms with E-state index >= 15 is 0 Å². The molecule has 1 fully saturated rings. The SMILES string of the molecule is CC(Cn1c(CCCl)nc2cnccc21)C1CC1. The summed E-state index contributed by atoms with van der Waals surface area (Å²) < 4.78 is 2.34. The molecule has 4 heteroatoms. The van der Waals surface area contributed by atoms with Gasteiger partial charge >= 0.3 is 0 Å². The number of alkyl halides is 1. The third-order valence-electron chi connectivity index (χ3n) is 3.85. The summed E-state index contributed by atoms with van der Waals surface area (Å²) in [5.74, 6) is 3.35. The zero-order valence-corrected chi connectivity index (χ0v) is 11.4. The molecule has 1 aliphatic carbocycles. The number of rotatable bonds is 5. The molecule has 1 aliphatic rings. The monoisotopic (exact) mass is 263 g/mol. The molecule has 0 saturated heterocycles. The fourth-order valence-electron chi connectivity index (χ4n) is 2.61. The van der Waals surface area contributed by atoms with Crippen molar-refractivity contribution in [2.45, 2.75) is 32.7 Å². The molecule has 3 rings (SSSR count). The van der Waals surface area contributed by atoms with Gasteiger partial charge < -0.3 is 4.57 Å². The van der Waals surface area contributed by atoms with Crippen molar-refractivity contribution in [3.05, 3.63) is 24.3 Å². The molecule has 96 valence electrons. The van der Waals surface area contributed by atoms with Gasteiger partial charge in [0.1, 0.15) is 11.3 Å². The van der Waals surface area contributed by atoms with Gasteiger partial charge in [0.25, 0.3) is 0 Å². The van der Waals surface area contributed by atoms with E-state index in [1.54, 1.807) is 0 Å². The first-order valence-electron chi connectivity index (χ1n) is 6.64. The highest BCUT2D eigenvalue weighted by atomic mass is 35.5. The fraction of sp³-hybridized carbons (Fsp3) is 0.571. The number of halogens is 1. The average molecular weight is 264 g/mol. The fourth-order valence-corrected chi connectivity index (χ4v) is 2.78. The minimum absolute atomic E-state index is 0.620. The average Bonchev–Trinajstić information content (AvgIpc) is 3.16. The lowest BCUT2D eigenvalue weighted by molar-refractivity contribution is 0.429. The topological polar surface area (TPSA) is 30.7 Å². The molecule has 2 heterocycles. The Bertz CT molecular complexity index is 545. The van der Waals surface area contributed by atoms with Crippen molar-refractivity contribution in [2.75, 3.05) is 5.88 Å². The zero-order valence-electron chi connectivity index (χ0n) is 10.6. The van der Waals surface area contributed by atoms with E-state index in [9.17, 15) is 0 Å². The lowest BCUT2D eigenvalue weighted by atomic mass is 10.1. The van der Waals surface area contributed by atoms with Crippen LogP contribution in [0.5, 0.6) is 0 Å². The Balaban J connectivity index is 1.97. The second-order valence-corrected chi connectivity index (χ2v) is 5.63. The number of aryl methyl sites for hydroxylation is 1. The van der Waals surface area contributed by atoms with E-state index < -0.39 is 0 Å². The summed E-state index contributed by atoms with van der Waals surface area (Å²) in [6.07, 6.45) is 7.28. The van der Waals surface area contributed by atoms with Gasteiger partial charge in [-0.05, 0) is 30.7 Å². The Morgan fingerprint density at radius 1 is 1.50 bits per heavy atom. The number of hydrogen-bond acceptors (Lipinski definition) is 2. The standard InChI is InChI=1S/C14H18ClN3/c1-10(11-2-3-11)9-18-13-5-7-16-8-12(13)17-14(18)4-6-15/h5,7-8,10-11H,2-4,6,9H2,1H3. The molecule has 0 bridgehead atoms. The van der Waals surface area contributed by atoms with Crippen molar-refractivity contribution >= 4 is 22.6 Å². The van der Waals surface area contributed by atoms with Crippen molar-refractivity contribution in [1.82, 2.24) is 14.5 Å². The number of imidazole rings is 1. The number of nitrogens with zero attached hydrogens (tertiary/aromatic N) is 3. The molecule has 0 aromatic carbocycles.